The van der Waals surface area contributed by atoms with Crippen LogP contribution < -0.4 is 0 Å². The van der Waals surface area contributed by atoms with Gasteiger partial charge in [0.15, 0.2) is 6.23 Å². The van der Waals surface area contributed by atoms with Crippen LogP contribution >= 0.6 is 0 Å². The fourth-order valence-electron chi connectivity index (χ4n) is 1.47. The van der Waals surface area contributed by atoms with Gasteiger partial charge in [0, 0.05) is 12.7 Å². The largest absolute Gasteiger partial charge is 0.354 e. The zero-order chi connectivity index (χ0) is 9.97. The molecule has 1 atom stereocenters. The van der Waals surface area contributed by atoms with Crippen LogP contribution in [0.1, 0.15) is 12.5 Å². The lowest BCUT2D eigenvalue weighted by Gasteiger charge is -2.03. The predicted molar refractivity (Wildman–Crippen MR) is 55.4 cm³/mol. The van der Waals surface area contributed by atoms with Gasteiger partial charge in [0.05, 0.1) is 5.69 Å². The summed E-state index contributed by atoms with van der Waals surface area (Å²) in [4.78, 5) is 0. The number of fused-ring (bicyclic) bond motifs is 1. The Morgan fingerprint density at radius 1 is 1.29 bits per heavy atom. The summed E-state index contributed by atoms with van der Waals surface area (Å²) in [6.45, 7) is 2.04. The van der Waals surface area contributed by atoms with Crippen molar-refractivity contribution in [3.8, 4) is 0 Å². The smallest absolute Gasteiger partial charge is 0.187 e. The van der Waals surface area contributed by atoms with Crippen LogP contribution in [0.25, 0.3) is 5.57 Å². The maximum absolute atomic E-state index is 5.14. The highest BCUT2D eigenvalue weighted by molar-refractivity contribution is 5.73. The average molecular weight is 188 g/mol. The standard InChI is InChI=1S/C11H12N2O/c1-8-7-11(14-2)13-12-10-6-4-3-5-9(8)10/h3-7,11H,1-2H3. The number of allylic oxidation sites excluding steroid dienone is 1. The van der Waals surface area contributed by atoms with Gasteiger partial charge in [0.25, 0.3) is 0 Å². The fourth-order valence-corrected chi connectivity index (χ4v) is 1.47. The van der Waals surface area contributed by atoms with E-state index in [1.807, 2.05) is 37.3 Å². The van der Waals surface area contributed by atoms with Gasteiger partial charge in [-0.3, -0.25) is 0 Å². The molecule has 0 bridgehead atoms. The quantitative estimate of drug-likeness (QED) is 0.666. The fraction of sp³-hybridized carbons (Fsp3) is 0.273. The number of benzene rings is 1. The average Bonchev–Trinajstić information content (AvgIpc) is 2.39. The van der Waals surface area contributed by atoms with Crippen molar-refractivity contribution in [3.05, 3.63) is 35.9 Å². The summed E-state index contributed by atoms with van der Waals surface area (Å²) in [5, 5.41) is 8.20. The molecule has 14 heavy (non-hydrogen) atoms. The Labute approximate surface area is 83.1 Å². The van der Waals surface area contributed by atoms with Gasteiger partial charge in [-0.05, 0) is 24.6 Å². The van der Waals surface area contributed by atoms with Gasteiger partial charge in [-0.25, -0.2) is 0 Å². The summed E-state index contributed by atoms with van der Waals surface area (Å²) in [5.74, 6) is 0. The zero-order valence-corrected chi connectivity index (χ0v) is 8.27. The third kappa shape index (κ3) is 1.59. The number of methoxy groups -OCH3 is 1. The highest BCUT2D eigenvalue weighted by Gasteiger charge is 2.10. The van der Waals surface area contributed by atoms with E-state index < -0.39 is 0 Å². The van der Waals surface area contributed by atoms with Crippen LogP contribution in [-0.2, 0) is 4.74 Å². The topological polar surface area (TPSA) is 34.0 Å². The molecule has 0 spiro atoms. The summed E-state index contributed by atoms with van der Waals surface area (Å²) in [7, 11) is 1.63. The van der Waals surface area contributed by atoms with Crippen molar-refractivity contribution in [2.45, 2.75) is 13.2 Å². The minimum atomic E-state index is -0.262. The monoisotopic (exact) mass is 188 g/mol. The Morgan fingerprint density at radius 3 is 2.86 bits per heavy atom. The molecule has 1 aliphatic heterocycles. The Hall–Kier alpha value is -1.48. The molecule has 0 aliphatic carbocycles. The summed E-state index contributed by atoms with van der Waals surface area (Å²) in [5.41, 5.74) is 3.18. The van der Waals surface area contributed by atoms with Crippen LogP contribution in [0.3, 0.4) is 0 Å². The first-order valence-corrected chi connectivity index (χ1v) is 4.53. The predicted octanol–water partition coefficient (Wildman–Crippen LogP) is 3.16. The van der Waals surface area contributed by atoms with E-state index in [0.717, 1.165) is 16.8 Å². The van der Waals surface area contributed by atoms with Crippen LogP contribution in [0.4, 0.5) is 5.69 Å². The first kappa shape index (κ1) is 9.09. The molecule has 0 amide bonds. The SMILES string of the molecule is COC1C=C(C)c2ccccc2N=N1. The van der Waals surface area contributed by atoms with Gasteiger partial charge in [0.1, 0.15) is 0 Å². The molecule has 1 aromatic rings. The van der Waals surface area contributed by atoms with Crippen LogP contribution in [0.15, 0.2) is 40.6 Å². The Morgan fingerprint density at radius 2 is 2.07 bits per heavy atom. The summed E-state index contributed by atoms with van der Waals surface area (Å²) >= 11 is 0. The number of ether oxygens (including phenoxy) is 1. The first-order valence-electron chi connectivity index (χ1n) is 4.53. The lowest BCUT2D eigenvalue weighted by molar-refractivity contribution is 0.143. The Balaban J connectivity index is 2.50. The maximum Gasteiger partial charge on any atom is 0.187 e. The van der Waals surface area contributed by atoms with Gasteiger partial charge >= 0.3 is 0 Å². The molecule has 2 rings (SSSR count). The molecular weight excluding hydrogens is 176 g/mol. The third-order valence-corrected chi connectivity index (χ3v) is 2.24. The number of nitrogens with zero attached hydrogens (tertiary/aromatic N) is 2. The van der Waals surface area contributed by atoms with E-state index in [2.05, 4.69) is 10.2 Å². The molecule has 0 radical (unpaired) electrons. The molecule has 1 aromatic carbocycles. The van der Waals surface area contributed by atoms with Gasteiger partial charge in [-0.2, -0.15) is 10.2 Å². The second kappa shape index (κ2) is 3.72. The van der Waals surface area contributed by atoms with Crippen molar-refractivity contribution in [1.82, 2.24) is 0 Å². The van der Waals surface area contributed by atoms with E-state index >= 15 is 0 Å². The second-order valence-corrected chi connectivity index (χ2v) is 3.21. The van der Waals surface area contributed by atoms with E-state index in [1.54, 1.807) is 7.11 Å². The van der Waals surface area contributed by atoms with Gasteiger partial charge in [-0.1, -0.05) is 18.2 Å². The molecule has 0 aromatic heterocycles. The molecule has 72 valence electrons. The van der Waals surface area contributed by atoms with Gasteiger partial charge in [-0.15, -0.1) is 0 Å². The summed E-state index contributed by atoms with van der Waals surface area (Å²) < 4.78 is 5.14. The minimum Gasteiger partial charge on any atom is -0.354 e. The first-order chi connectivity index (χ1) is 6.81. The molecule has 3 nitrogen and oxygen atoms in total. The molecular formula is C11H12N2O. The van der Waals surface area contributed by atoms with Gasteiger partial charge in [0.2, 0.25) is 0 Å². The van der Waals surface area contributed by atoms with Crippen molar-refractivity contribution in [2.75, 3.05) is 7.11 Å². The number of azo groups is 1. The van der Waals surface area contributed by atoms with E-state index in [0.29, 0.717) is 0 Å². The zero-order valence-electron chi connectivity index (χ0n) is 8.27. The molecule has 3 heteroatoms. The van der Waals surface area contributed by atoms with E-state index in [1.165, 1.54) is 0 Å². The Kier molecular flexibility index (Phi) is 2.41. The molecule has 1 aliphatic rings. The van der Waals surface area contributed by atoms with E-state index in [-0.39, 0.29) is 6.23 Å². The summed E-state index contributed by atoms with van der Waals surface area (Å²) in [6, 6.07) is 7.95. The lowest BCUT2D eigenvalue weighted by Crippen LogP contribution is -2.01. The molecule has 0 saturated carbocycles. The number of hydrogen-bond acceptors (Lipinski definition) is 3. The number of rotatable bonds is 1. The van der Waals surface area contributed by atoms with E-state index in [9.17, 15) is 0 Å². The highest BCUT2D eigenvalue weighted by atomic mass is 16.5. The molecule has 1 heterocycles. The van der Waals surface area contributed by atoms with Crippen molar-refractivity contribution in [3.63, 3.8) is 0 Å². The molecule has 0 saturated heterocycles. The molecule has 1 unspecified atom stereocenters. The maximum atomic E-state index is 5.14. The second-order valence-electron chi connectivity index (χ2n) is 3.21. The van der Waals surface area contributed by atoms with Crippen molar-refractivity contribution in [1.29, 1.82) is 0 Å². The van der Waals surface area contributed by atoms with Gasteiger partial charge < -0.3 is 4.74 Å². The van der Waals surface area contributed by atoms with Crippen molar-refractivity contribution < 1.29 is 4.74 Å². The lowest BCUT2D eigenvalue weighted by atomic mass is 10.1. The summed E-state index contributed by atoms with van der Waals surface area (Å²) in [6.07, 6.45) is 1.71. The van der Waals surface area contributed by atoms with Crippen LogP contribution in [-0.4, -0.2) is 13.3 Å². The van der Waals surface area contributed by atoms with E-state index in [4.69, 9.17) is 4.74 Å². The third-order valence-electron chi connectivity index (χ3n) is 2.24. The Bertz CT molecular complexity index is 396. The van der Waals surface area contributed by atoms with Crippen molar-refractivity contribution >= 4 is 11.3 Å². The molecule has 0 fully saturated rings. The molecule has 0 N–H and O–H groups in total. The van der Waals surface area contributed by atoms with Crippen LogP contribution in [0.5, 0.6) is 0 Å². The van der Waals surface area contributed by atoms with Crippen molar-refractivity contribution in [2.24, 2.45) is 10.2 Å². The normalized spacial score (nSPS) is 19.9. The van der Waals surface area contributed by atoms with Crippen LogP contribution in [0, 0.1) is 0 Å². The minimum absolute atomic E-state index is 0.262. The van der Waals surface area contributed by atoms with Crippen LogP contribution in [0.2, 0.25) is 0 Å². The number of hydrogen-bond donors (Lipinski definition) is 0. The highest BCUT2D eigenvalue weighted by Crippen LogP contribution is 2.29.